The van der Waals surface area contributed by atoms with Gasteiger partial charge in [-0.3, -0.25) is 0 Å². The molecule has 0 spiro atoms. The van der Waals surface area contributed by atoms with Gasteiger partial charge in [-0.2, -0.15) is 0 Å². The van der Waals surface area contributed by atoms with E-state index in [2.05, 4.69) is 6.58 Å². The Morgan fingerprint density at radius 2 is 2.14 bits per heavy atom. The highest BCUT2D eigenvalue weighted by Gasteiger charge is 2.12. The van der Waals surface area contributed by atoms with E-state index in [0.717, 1.165) is 10.6 Å². The molecule has 0 fully saturated rings. The number of thioether (sulfide) groups is 1. The molecule has 1 aromatic rings. The smallest absolute Gasteiger partial charge is 0.0837 e. The number of hydrogen-bond acceptors (Lipinski definition) is 3. The second-order valence-electron chi connectivity index (χ2n) is 3.09. The van der Waals surface area contributed by atoms with Crippen LogP contribution in [0.15, 0.2) is 41.8 Å². The molecule has 0 heterocycles. The standard InChI is InChI=1S/C11H15NOS/c1-3-10(13)8(2)14-11-7-5-4-6-9(11)12/h3-8,10,13H,1,12H2,2H3. The van der Waals surface area contributed by atoms with Gasteiger partial charge in [0.05, 0.1) is 6.10 Å². The number of rotatable bonds is 4. The van der Waals surface area contributed by atoms with E-state index in [1.807, 2.05) is 31.2 Å². The fraction of sp³-hybridized carbons (Fsp3) is 0.273. The summed E-state index contributed by atoms with van der Waals surface area (Å²) in [5, 5.41) is 9.57. The van der Waals surface area contributed by atoms with E-state index in [1.165, 1.54) is 6.08 Å². The Morgan fingerprint density at radius 3 is 2.71 bits per heavy atom. The Kier molecular flexibility index (Phi) is 4.04. The minimum absolute atomic E-state index is 0.0669. The number of benzene rings is 1. The van der Waals surface area contributed by atoms with Crippen molar-refractivity contribution in [2.45, 2.75) is 23.2 Å². The van der Waals surface area contributed by atoms with E-state index in [4.69, 9.17) is 5.73 Å². The van der Waals surface area contributed by atoms with Crippen molar-refractivity contribution in [1.29, 1.82) is 0 Å². The van der Waals surface area contributed by atoms with Crippen LogP contribution in [0.5, 0.6) is 0 Å². The average Bonchev–Trinajstić information content (AvgIpc) is 2.20. The van der Waals surface area contributed by atoms with Crippen LogP contribution in [0.2, 0.25) is 0 Å². The molecule has 3 heteroatoms. The van der Waals surface area contributed by atoms with Crippen molar-refractivity contribution in [3.8, 4) is 0 Å². The topological polar surface area (TPSA) is 46.2 Å². The highest BCUT2D eigenvalue weighted by molar-refractivity contribution is 8.00. The number of nitrogens with two attached hydrogens (primary N) is 1. The summed E-state index contributed by atoms with van der Waals surface area (Å²) in [5.41, 5.74) is 6.53. The molecular formula is C11H15NOS. The second-order valence-corrected chi connectivity index (χ2v) is 4.51. The Bertz CT molecular complexity index is 314. The molecule has 1 rings (SSSR count). The summed E-state index contributed by atoms with van der Waals surface area (Å²) in [5.74, 6) is 0. The van der Waals surface area contributed by atoms with E-state index >= 15 is 0 Å². The summed E-state index contributed by atoms with van der Waals surface area (Å²) in [6, 6.07) is 7.64. The van der Waals surface area contributed by atoms with Crippen LogP contribution in [0.1, 0.15) is 6.92 Å². The van der Waals surface area contributed by atoms with E-state index in [9.17, 15) is 5.11 Å². The van der Waals surface area contributed by atoms with Crippen LogP contribution in [0.3, 0.4) is 0 Å². The third kappa shape index (κ3) is 2.79. The molecule has 0 aliphatic heterocycles. The maximum atomic E-state index is 9.50. The number of aliphatic hydroxyl groups is 1. The molecule has 0 amide bonds. The molecule has 2 atom stereocenters. The van der Waals surface area contributed by atoms with Crippen molar-refractivity contribution in [1.82, 2.24) is 0 Å². The summed E-state index contributed by atoms with van der Waals surface area (Å²) >= 11 is 1.56. The zero-order chi connectivity index (χ0) is 10.6. The molecule has 0 bridgehead atoms. The first-order valence-electron chi connectivity index (χ1n) is 4.47. The Labute approximate surface area is 88.8 Å². The van der Waals surface area contributed by atoms with Gasteiger partial charge in [0.25, 0.3) is 0 Å². The van der Waals surface area contributed by atoms with Crippen molar-refractivity contribution in [2.24, 2.45) is 0 Å². The lowest BCUT2D eigenvalue weighted by molar-refractivity contribution is 0.225. The van der Waals surface area contributed by atoms with Gasteiger partial charge in [-0.1, -0.05) is 25.1 Å². The van der Waals surface area contributed by atoms with E-state index in [0.29, 0.717) is 0 Å². The number of hydrogen-bond donors (Lipinski definition) is 2. The third-order valence-electron chi connectivity index (χ3n) is 1.95. The number of aliphatic hydroxyl groups excluding tert-OH is 1. The first kappa shape index (κ1) is 11.1. The van der Waals surface area contributed by atoms with Crippen LogP contribution in [-0.2, 0) is 0 Å². The predicted octanol–water partition coefficient (Wildman–Crippen LogP) is 2.30. The fourth-order valence-electron chi connectivity index (χ4n) is 1.05. The third-order valence-corrected chi connectivity index (χ3v) is 3.23. The van der Waals surface area contributed by atoms with Crippen molar-refractivity contribution in [2.75, 3.05) is 5.73 Å². The molecule has 2 nitrogen and oxygen atoms in total. The van der Waals surface area contributed by atoms with Gasteiger partial charge in [0.15, 0.2) is 0 Å². The van der Waals surface area contributed by atoms with Crippen LogP contribution >= 0.6 is 11.8 Å². The van der Waals surface area contributed by atoms with Crippen molar-refractivity contribution in [3.63, 3.8) is 0 Å². The molecule has 14 heavy (non-hydrogen) atoms. The van der Waals surface area contributed by atoms with Gasteiger partial charge in [0.2, 0.25) is 0 Å². The Morgan fingerprint density at radius 1 is 1.50 bits per heavy atom. The highest BCUT2D eigenvalue weighted by Crippen LogP contribution is 2.29. The molecular weight excluding hydrogens is 194 g/mol. The average molecular weight is 209 g/mol. The van der Waals surface area contributed by atoms with Crippen molar-refractivity contribution >= 4 is 17.4 Å². The lowest BCUT2D eigenvalue weighted by atomic mass is 10.3. The zero-order valence-electron chi connectivity index (χ0n) is 8.18. The molecule has 2 unspecified atom stereocenters. The predicted molar refractivity (Wildman–Crippen MR) is 62.4 cm³/mol. The molecule has 0 aromatic heterocycles. The monoisotopic (exact) mass is 209 g/mol. The summed E-state index contributed by atoms with van der Waals surface area (Å²) in [4.78, 5) is 1.00. The zero-order valence-corrected chi connectivity index (χ0v) is 9.00. The van der Waals surface area contributed by atoms with Gasteiger partial charge >= 0.3 is 0 Å². The first-order valence-corrected chi connectivity index (χ1v) is 5.35. The lowest BCUT2D eigenvalue weighted by Gasteiger charge is -2.15. The van der Waals surface area contributed by atoms with Crippen LogP contribution in [0.25, 0.3) is 0 Å². The molecule has 0 radical (unpaired) electrons. The van der Waals surface area contributed by atoms with Crippen LogP contribution in [0.4, 0.5) is 5.69 Å². The van der Waals surface area contributed by atoms with Gasteiger partial charge in [-0.25, -0.2) is 0 Å². The van der Waals surface area contributed by atoms with E-state index in [1.54, 1.807) is 11.8 Å². The van der Waals surface area contributed by atoms with Gasteiger partial charge in [0.1, 0.15) is 0 Å². The maximum absolute atomic E-state index is 9.50. The Balaban J connectivity index is 2.69. The SMILES string of the molecule is C=CC(O)C(C)Sc1ccccc1N. The van der Waals surface area contributed by atoms with Crippen LogP contribution in [-0.4, -0.2) is 16.5 Å². The summed E-state index contributed by atoms with van der Waals surface area (Å²) in [6.07, 6.45) is 1.04. The lowest BCUT2D eigenvalue weighted by Crippen LogP contribution is -2.16. The summed E-state index contributed by atoms with van der Waals surface area (Å²) in [7, 11) is 0. The fourth-order valence-corrected chi connectivity index (χ4v) is 2.06. The molecule has 0 saturated heterocycles. The second kappa shape index (κ2) is 5.08. The quantitative estimate of drug-likeness (QED) is 0.454. The van der Waals surface area contributed by atoms with Gasteiger partial charge in [-0.15, -0.1) is 18.3 Å². The molecule has 0 saturated carbocycles. The number of para-hydroxylation sites is 1. The molecule has 0 aliphatic rings. The highest BCUT2D eigenvalue weighted by atomic mass is 32.2. The van der Waals surface area contributed by atoms with Gasteiger partial charge in [-0.05, 0) is 12.1 Å². The maximum Gasteiger partial charge on any atom is 0.0837 e. The largest absolute Gasteiger partial charge is 0.398 e. The minimum Gasteiger partial charge on any atom is -0.398 e. The minimum atomic E-state index is -0.500. The Hall–Kier alpha value is -0.930. The van der Waals surface area contributed by atoms with Gasteiger partial charge < -0.3 is 10.8 Å². The molecule has 1 aromatic carbocycles. The van der Waals surface area contributed by atoms with E-state index < -0.39 is 6.10 Å². The molecule has 76 valence electrons. The van der Waals surface area contributed by atoms with Gasteiger partial charge in [0, 0.05) is 15.8 Å². The van der Waals surface area contributed by atoms with Crippen LogP contribution < -0.4 is 5.73 Å². The first-order chi connectivity index (χ1) is 6.65. The van der Waals surface area contributed by atoms with E-state index in [-0.39, 0.29) is 5.25 Å². The molecule has 0 aliphatic carbocycles. The van der Waals surface area contributed by atoms with Crippen LogP contribution in [0, 0.1) is 0 Å². The molecule has 3 N–H and O–H groups in total. The summed E-state index contributed by atoms with van der Waals surface area (Å²) in [6.45, 7) is 5.50. The summed E-state index contributed by atoms with van der Waals surface area (Å²) < 4.78 is 0. The van der Waals surface area contributed by atoms with Crippen molar-refractivity contribution in [3.05, 3.63) is 36.9 Å². The number of nitrogen functional groups attached to an aromatic ring is 1. The van der Waals surface area contributed by atoms with Crippen molar-refractivity contribution < 1.29 is 5.11 Å². The number of anilines is 1. The normalized spacial score (nSPS) is 14.7.